The lowest BCUT2D eigenvalue weighted by Crippen LogP contribution is -2.41. The lowest BCUT2D eigenvalue weighted by atomic mass is 10.1. The van der Waals surface area contributed by atoms with Crippen LogP contribution in [-0.4, -0.2) is 32.2 Å². The molecule has 0 bridgehead atoms. The van der Waals surface area contributed by atoms with E-state index < -0.39 is 11.8 Å². The highest BCUT2D eigenvalue weighted by molar-refractivity contribution is 5.97. The second-order valence-corrected chi connectivity index (χ2v) is 4.41. The highest BCUT2D eigenvalue weighted by atomic mass is 16.2. The molecule has 0 spiro atoms. The van der Waals surface area contributed by atoms with Gasteiger partial charge in [0.05, 0.1) is 5.69 Å². The van der Waals surface area contributed by atoms with E-state index >= 15 is 0 Å². The highest BCUT2D eigenvalue weighted by Crippen LogP contribution is 2.16. The predicted octanol–water partition coefficient (Wildman–Crippen LogP) is 0.875. The van der Waals surface area contributed by atoms with Crippen LogP contribution < -0.4 is 10.9 Å². The standard InChI is InChI=1S/C14H12N6O2/c21-13(10-6-7-15-16-10)19-20-14(22)12-8-11(17-18-12)9-4-2-1-3-5-9/h1-8H,(H,15,16)(H,17,18)(H,19,21)(H,20,22). The van der Waals surface area contributed by atoms with Gasteiger partial charge in [-0.25, -0.2) is 0 Å². The average molecular weight is 296 g/mol. The van der Waals surface area contributed by atoms with Crippen LogP contribution in [0.5, 0.6) is 0 Å². The van der Waals surface area contributed by atoms with Crippen molar-refractivity contribution in [2.24, 2.45) is 0 Å². The summed E-state index contributed by atoms with van der Waals surface area (Å²) < 4.78 is 0. The second kappa shape index (κ2) is 5.92. The van der Waals surface area contributed by atoms with Gasteiger partial charge in [0.1, 0.15) is 11.4 Å². The molecule has 0 aliphatic heterocycles. The minimum Gasteiger partial charge on any atom is -0.273 e. The molecule has 0 aliphatic rings. The normalized spacial score (nSPS) is 10.2. The van der Waals surface area contributed by atoms with Crippen molar-refractivity contribution >= 4 is 11.8 Å². The fourth-order valence-corrected chi connectivity index (χ4v) is 1.83. The van der Waals surface area contributed by atoms with E-state index in [0.717, 1.165) is 5.56 Å². The van der Waals surface area contributed by atoms with E-state index in [1.54, 1.807) is 6.07 Å². The number of aromatic nitrogens is 4. The number of hydrogen-bond acceptors (Lipinski definition) is 4. The maximum Gasteiger partial charge on any atom is 0.287 e. The van der Waals surface area contributed by atoms with Gasteiger partial charge < -0.3 is 0 Å². The zero-order chi connectivity index (χ0) is 15.4. The predicted molar refractivity (Wildman–Crippen MR) is 77.5 cm³/mol. The first-order valence-corrected chi connectivity index (χ1v) is 6.45. The minimum absolute atomic E-state index is 0.240. The van der Waals surface area contributed by atoms with Crippen molar-refractivity contribution < 1.29 is 9.59 Å². The summed E-state index contributed by atoms with van der Waals surface area (Å²) in [6.07, 6.45) is 1.44. The topological polar surface area (TPSA) is 116 Å². The first-order chi connectivity index (χ1) is 10.7. The molecule has 3 rings (SSSR count). The molecule has 0 unspecified atom stereocenters. The maximum atomic E-state index is 11.9. The minimum atomic E-state index is -0.498. The first-order valence-electron chi connectivity index (χ1n) is 6.45. The summed E-state index contributed by atoms with van der Waals surface area (Å²) in [5.74, 6) is -0.990. The van der Waals surface area contributed by atoms with Crippen molar-refractivity contribution in [3.8, 4) is 11.3 Å². The number of rotatable bonds is 3. The number of nitrogens with zero attached hydrogens (tertiary/aromatic N) is 2. The van der Waals surface area contributed by atoms with Crippen LogP contribution in [-0.2, 0) is 0 Å². The van der Waals surface area contributed by atoms with Crippen LogP contribution in [0.25, 0.3) is 11.3 Å². The maximum absolute atomic E-state index is 11.9. The Kier molecular flexibility index (Phi) is 3.65. The molecule has 2 heterocycles. The van der Waals surface area contributed by atoms with Gasteiger partial charge in [0.15, 0.2) is 0 Å². The molecule has 0 atom stereocenters. The number of H-pyrrole nitrogens is 2. The van der Waals surface area contributed by atoms with Crippen LogP contribution in [0.1, 0.15) is 21.0 Å². The van der Waals surface area contributed by atoms with Gasteiger partial charge in [0.2, 0.25) is 0 Å². The summed E-state index contributed by atoms with van der Waals surface area (Å²) in [5, 5.41) is 12.8. The highest BCUT2D eigenvalue weighted by Gasteiger charge is 2.13. The van der Waals surface area contributed by atoms with Crippen LogP contribution in [0, 0.1) is 0 Å². The van der Waals surface area contributed by atoms with Gasteiger partial charge in [-0.15, -0.1) is 0 Å². The quantitative estimate of drug-likeness (QED) is 0.537. The Hall–Kier alpha value is -3.42. The van der Waals surface area contributed by atoms with Gasteiger partial charge in [0, 0.05) is 11.8 Å². The number of carbonyl (C=O) groups excluding carboxylic acids is 2. The summed E-state index contributed by atoms with van der Waals surface area (Å²) in [7, 11) is 0. The molecular weight excluding hydrogens is 284 g/mol. The molecule has 110 valence electrons. The number of hydrogen-bond donors (Lipinski definition) is 4. The molecule has 0 radical (unpaired) electrons. The molecule has 2 aromatic heterocycles. The number of amides is 2. The molecular formula is C14H12N6O2. The molecule has 0 fully saturated rings. The fourth-order valence-electron chi connectivity index (χ4n) is 1.83. The lowest BCUT2D eigenvalue weighted by Gasteiger charge is -2.03. The van der Waals surface area contributed by atoms with E-state index in [9.17, 15) is 9.59 Å². The zero-order valence-electron chi connectivity index (χ0n) is 11.3. The van der Waals surface area contributed by atoms with Crippen LogP contribution in [0.4, 0.5) is 0 Å². The summed E-state index contributed by atoms with van der Waals surface area (Å²) in [6, 6.07) is 12.5. The molecule has 0 saturated heterocycles. The van der Waals surface area contributed by atoms with Gasteiger partial charge in [-0.05, 0) is 12.1 Å². The number of aromatic amines is 2. The van der Waals surface area contributed by atoms with Gasteiger partial charge >= 0.3 is 0 Å². The van der Waals surface area contributed by atoms with Crippen LogP contribution >= 0.6 is 0 Å². The summed E-state index contributed by atoms with van der Waals surface area (Å²) in [5.41, 5.74) is 6.59. The molecule has 3 aromatic rings. The van der Waals surface area contributed by atoms with Crippen molar-refractivity contribution in [3.05, 3.63) is 60.0 Å². The third kappa shape index (κ3) is 2.85. The van der Waals surface area contributed by atoms with Crippen molar-refractivity contribution in [2.75, 3.05) is 0 Å². The molecule has 0 aliphatic carbocycles. The Morgan fingerprint density at radius 2 is 1.64 bits per heavy atom. The van der Waals surface area contributed by atoms with E-state index in [-0.39, 0.29) is 11.4 Å². The molecule has 0 saturated carbocycles. The Labute approximate surface area is 124 Å². The Morgan fingerprint density at radius 3 is 2.32 bits per heavy atom. The Morgan fingerprint density at radius 1 is 0.909 bits per heavy atom. The molecule has 8 heteroatoms. The number of nitrogens with one attached hydrogen (secondary N) is 4. The first kappa shape index (κ1) is 13.6. The number of benzene rings is 1. The summed E-state index contributed by atoms with van der Waals surface area (Å²) >= 11 is 0. The van der Waals surface area contributed by atoms with Crippen molar-refractivity contribution in [1.29, 1.82) is 0 Å². The van der Waals surface area contributed by atoms with E-state index in [1.807, 2.05) is 30.3 Å². The third-order valence-corrected chi connectivity index (χ3v) is 2.93. The zero-order valence-corrected chi connectivity index (χ0v) is 11.3. The Bertz CT molecular complexity index is 779. The van der Waals surface area contributed by atoms with Crippen molar-refractivity contribution in [3.63, 3.8) is 0 Å². The van der Waals surface area contributed by atoms with E-state index in [2.05, 4.69) is 31.2 Å². The molecule has 2 amide bonds. The Balaban J connectivity index is 1.64. The summed E-state index contributed by atoms with van der Waals surface area (Å²) in [6.45, 7) is 0. The second-order valence-electron chi connectivity index (χ2n) is 4.41. The average Bonchev–Trinajstić information content (AvgIpc) is 3.24. The SMILES string of the molecule is O=C(NNC(=O)c1cc(-c2ccccc2)n[nH]1)c1ccn[nH]1. The largest absolute Gasteiger partial charge is 0.287 e. The van der Waals surface area contributed by atoms with Crippen molar-refractivity contribution in [1.82, 2.24) is 31.2 Å². The van der Waals surface area contributed by atoms with E-state index in [4.69, 9.17) is 0 Å². The third-order valence-electron chi connectivity index (χ3n) is 2.93. The van der Waals surface area contributed by atoms with Gasteiger partial charge in [-0.2, -0.15) is 10.2 Å². The monoisotopic (exact) mass is 296 g/mol. The molecule has 4 N–H and O–H groups in total. The van der Waals surface area contributed by atoms with E-state index in [1.165, 1.54) is 12.3 Å². The molecule has 22 heavy (non-hydrogen) atoms. The van der Waals surface area contributed by atoms with Gasteiger partial charge in [0.25, 0.3) is 11.8 Å². The van der Waals surface area contributed by atoms with Gasteiger partial charge in [-0.3, -0.25) is 30.6 Å². The fraction of sp³-hybridized carbons (Fsp3) is 0. The summed E-state index contributed by atoms with van der Waals surface area (Å²) in [4.78, 5) is 23.6. The lowest BCUT2D eigenvalue weighted by molar-refractivity contribution is 0.0841. The number of carbonyl (C=O) groups is 2. The van der Waals surface area contributed by atoms with Crippen molar-refractivity contribution in [2.45, 2.75) is 0 Å². The van der Waals surface area contributed by atoms with Crippen LogP contribution in [0.15, 0.2) is 48.7 Å². The van der Waals surface area contributed by atoms with E-state index in [0.29, 0.717) is 5.69 Å². The molecule has 1 aromatic carbocycles. The smallest absolute Gasteiger partial charge is 0.273 e. The number of hydrazine groups is 1. The van der Waals surface area contributed by atoms with Crippen LogP contribution in [0.3, 0.4) is 0 Å². The van der Waals surface area contributed by atoms with Gasteiger partial charge in [-0.1, -0.05) is 30.3 Å². The molecule has 8 nitrogen and oxygen atoms in total. The van der Waals surface area contributed by atoms with Crippen LogP contribution in [0.2, 0.25) is 0 Å².